The van der Waals surface area contributed by atoms with E-state index >= 15 is 0 Å². The fourth-order valence-electron chi connectivity index (χ4n) is 2.38. The van der Waals surface area contributed by atoms with Crippen molar-refractivity contribution in [2.24, 2.45) is 0 Å². The fraction of sp³-hybridized carbons (Fsp3) is 0.188. The lowest BCUT2D eigenvalue weighted by molar-refractivity contribution is 0.419. The Hall–Kier alpha value is -1.71. The van der Waals surface area contributed by atoms with Crippen LogP contribution in [0.15, 0.2) is 36.4 Å². The van der Waals surface area contributed by atoms with E-state index in [1.54, 1.807) is 7.11 Å². The van der Waals surface area contributed by atoms with Crippen LogP contribution in [0.3, 0.4) is 0 Å². The van der Waals surface area contributed by atoms with Gasteiger partial charge in [0.25, 0.3) is 0 Å². The highest BCUT2D eigenvalue weighted by atomic mass is 35.5. The molecular weight excluding hydrogens is 307 g/mol. The molecule has 0 atom stereocenters. The van der Waals surface area contributed by atoms with Crippen molar-refractivity contribution < 1.29 is 4.74 Å². The normalized spacial score (nSPS) is 11.0. The van der Waals surface area contributed by atoms with E-state index in [1.807, 2.05) is 47.9 Å². The number of imidazole rings is 1. The molecule has 1 heterocycles. The Balaban J connectivity index is 2.32. The average molecular weight is 321 g/mol. The van der Waals surface area contributed by atoms with Crippen LogP contribution in [0.4, 0.5) is 0 Å². The molecule has 3 nitrogen and oxygen atoms in total. The lowest BCUT2D eigenvalue weighted by atomic mass is 10.2. The van der Waals surface area contributed by atoms with Gasteiger partial charge >= 0.3 is 0 Å². The van der Waals surface area contributed by atoms with E-state index in [0.29, 0.717) is 5.88 Å². The van der Waals surface area contributed by atoms with Gasteiger partial charge in [0.15, 0.2) is 0 Å². The van der Waals surface area contributed by atoms with Gasteiger partial charge in [-0.2, -0.15) is 0 Å². The Bertz CT molecular complexity index is 811. The highest BCUT2D eigenvalue weighted by Crippen LogP contribution is 2.30. The van der Waals surface area contributed by atoms with Crippen LogP contribution in [-0.4, -0.2) is 16.7 Å². The summed E-state index contributed by atoms with van der Waals surface area (Å²) >= 11 is 12.3. The summed E-state index contributed by atoms with van der Waals surface area (Å²) in [7, 11) is 1.64. The van der Waals surface area contributed by atoms with E-state index in [1.165, 1.54) is 0 Å². The first-order valence-corrected chi connectivity index (χ1v) is 7.43. The summed E-state index contributed by atoms with van der Waals surface area (Å²) in [4.78, 5) is 4.59. The van der Waals surface area contributed by atoms with E-state index < -0.39 is 0 Å². The maximum Gasteiger partial charge on any atom is 0.146 e. The van der Waals surface area contributed by atoms with E-state index in [9.17, 15) is 0 Å². The van der Waals surface area contributed by atoms with Gasteiger partial charge in [-0.1, -0.05) is 23.7 Å². The average Bonchev–Trinajstić information content (AvgIpc) is 2.88. The first kappa shape index (κ1) is 14.2. The SMILES string of the molecule is COc1cccc2c1nc(CCl)n2-c1ccc(C)c(Cl)c1. The molecule has 0 amide bonds. The minimum absolute atomic E-state index is 0.309. The van der Waals surface area contributed by atoms with Crippen molar-refractivity contribution in [1.29, 1.82) is 0 Å². The molecule has 0 N–H and O–H groups in total. The number of hydrogen-bond acceptors (Lipinski definition) is 2. The van der Waals surface area contributed by atoms with Crippen molar-refractivity contribution in [3.05, 3.63) is 52.8 Å². The Morgan fingerprint density at radius 1 is 1.24 bits per heavy atom. The minimum atomic E-state index is 0.309. The molecule has 0 aliphatic rings. The number of fused-ring (bicyclic) bond motifs is 1. The minimum Gasteiger partial charge on any atom is -0.494 e. The van der Waals surface area contributed by atoms with Crippen molar-refractivity contribution in [3.8, 4) is 11.4 Å². The maximum atomic E-state index is 6.24. The number of methoxy groups -OCH3 is 1. The third-order valence-electron chi connectivity index (χ3n) is 3.47. The molecule has 108 valence electrons. The van der Waals surface area contributed by atoms with Gasteiger partial charge in [-0.05, 0) is 36.8 Å². The predicted octanol–water partition coefficient (Wildman–Crippen LogP) is 4.73. The van der Waals surface area contributed by atoms with Crippen molar-refractivity contribution in [2.45, 2.75) is 12.8 Å². The highest BCUT2D eigenvalue weighted by Gasteiger charge is 2.15. The number of aromatic nitrogens is 2. The van der Waals surface area contributed by atoms with Gasteiger partial charge in [0.1, 0.15) is 17.1 Å². The summed E-state index contributed by atoms with van der Waals surface area (Å²) in [5.74, 6) is 1.80. The van der Waals surface area contributed by atoms with Crippen LogP contribution in [0.25, 0.3) is 16.7 Å². The van der Waals surface area contributed by atoms with Crippen molar-refractivity contribution in [2.75, 3.05) is 7.11 Å². The topological polar surface area (TPSA) is 27.1 Å². The molecule has 3 aromatic rings. The smallest absolute Gasteiger partial charge is 0.146 e. The highest BCUT2D eigenvalue weighted by molar-refractivity contribution is 6.31. The number of halogens is 2. The molecule has 1 aromatic heterocycles. The number of benzene rings is 2. The van der Waals surface area contributed by atoms with Crippen LogP contribution in [0.1, 0.15) is 11.4 Å². The molecule has 0 saturated carbocycles. The first-order chi connectivity index (χ1) is 10.2. The second-order valence-electron chi connectivity index (χ2n) is 4.76. The zero-order valence-corrected chi connectivity index (χ0v) is 13.2. The van der Waals surface area contributed by atoms with Crippen molar-refractivity contribution in [1.82, 2.24) is 9.55 Å². The number of aryl methyl sites for hydroxylation is 1. The molecule has 0 bridgehead atoms. The van der Waals surface area contributed by atoms with Crippen LogP contribution in [0.5, 0.6) is 5.75 Å². The zero-order chi connectivity index (χ0) is 15.0. The molecule has 0 fully saturated rings. The molecule has 2 aromatic carbocycles. The van der Waals surface area contributed by atoms with Gasteiger partial charge in [-0.25, -0.2) is 4.98 Å². The molecule has 0 radical (unpaired) electrons. The Kier molecular flexibility index (Phi) is 3.79. The number of nitrogens with zero attached hydrogens (tertiary/aromatic N) is 2. The summed E-state index contributed by atoms with van der Waals surface area (Å²) in [6.45, 7) is 1.98. The molecular formula is C16H14Cl2N2O. The van der Waals surface area contributed by atoms with E-state index in [4.69, 9.17) is 27.9 Å². The van der Waals surface area contributed by atoms with Crippen LogP contribution in [0.2, 0.25) is 5.02 Å². The van der Waals surface area contributed by atoms with Crippen LogP contribution in [-0.2, 0) is 5.88 Å². The summed E-state index contributed by atoms with van der Waals surface area (Å²) in [6.07, 6.45) is 0. The molecule has 0 aliphatic carbocycles. The summed E-state index contributed by atoms with van der Waals surface area (Å²) in [5.41, 5.74) is 3.73. The van der Waals surface area contributed by atoms with Gasteiger partial charge in [0.2, 0.25) is 0 Å². The van der Waals surface area contributed by atoms with Crippen LogP contribution >= 0.6 is 23.2 Å². The van der Waals surface area contributed by atoms with E-state index in [2.05, 4.69) is 4.98 Å². The Labute approximate surface area is 133 Å². The molecule has 0 saturated heterocycles. The molecule has 3 rings (SSSR count). The Morgan fingerprint density at radius 3 is 2.71 bits per heavy atom. The van der Waals surface area contributed by atoms with Gasteiger partial charge in [0, 0.05) is 10.7 Å². The van der Waals surface area contributed by atoms with Gasteiger partial charge in [0.05, 0.1) is 18.5 Å². The lowest BCUT2D eigenvalue weighted by Gasteiger charge is -2.09. The number of ether oxygens (including phenoxy) is 1. The quantitative estimate of drug-likeness (QED) is 0.652. The first-order valence-electron chi connectivity index (χ1n) is 6.52. The Morgan fingerprint density at radius 2 is 2.05 bits per heavy atom. The molecule has 0 spiro atoms. The largest absolute Gasteiger partial charge is 0.494 e. The molecule has 21 heavy (non-hydrogen) atoms. The maximum absolute atomic E-state index is 6.24. The summed E-state index contributed by atoms with van der Waals surface area (Å²) in [6, 6.07) is 11.7. The standard InChI is InChI=1S/C16H14Cl2N2O/c1-10-6-7-11(8-12(10)18)20-13-4-3-5-14(21-2)16(13)19-15(20)9-17/h3-8H,9H2,1-2H3. The molecule has 0 aliphatic heterocycles. The van der Waals surface area contributed by atoms with Gasteiger partial charge in [-0.15, -0.1) is 11.6 Å². The monoisotopic (exact) mass is 320 g/mol. The van der Waals surface area contributed by atoms with Crippen LogP contribution in [0, 0.1) is 6.92 Å². The van der Waals surface area contributed by atoms with E-state index in [-0.39, 0.29) is 0 Å². The summed E-state index contributed by atoms with van der Waals surface area (Å²) < 4.78 is 7.38. The number of rotatable bonds is 3. The van der Waals surface area contributed by atoms with Gasteiger partial charge in [-0.3, -0.25) is 4.57 Å². The third-order valence-corrected chi connectivity index (χ3v) is 4.12. The van der Waals surface area contributed by atoms with E-state index in [0.717, 1.165) is 38.9 Å². The molecule has 5 heteroatoms. The molecule has 0 unspecified atom stereocenters. The zero-order valence-electron chi connectivity index (χ0n) is 11.7. The lowest BCUT2D eigenvalue weighted by Crippen LogP contribution is -1.99. The number of hydrogen-bond donors (Lipinski definition) is 0. The summed E-state index contributed by atoms with van der Waals surface area (Å²) in [5, 5.41) is 0.720. The van der Waals surface area contributed by atoms with Gasteiger partial charge < -0.3 is 4.74 Å². The second kappa shape index (κ2) is 5.58. The number of para-hydroxylation sites is 1. The fourth-order valence-corrected chi connectivity index (χ4v) is 2.74. The number of alkyl halides is 1. The van der Waals surface area contributed by atoms with Crippen LogP contribution < -0.4 is 4.74 Å². The third kappa shape index (κ3) is 2.37. The van der Waals surface area contributed by atoms with Crippen molar-refractivity contribution >= 4 is 34.2 Å². The predicted molar refractivity (Wildman–Crippen MR) is 86.9 cm³/mol. The second-order valence-corrected chi connectivity index (χ2v) is 5.43. The van der Waals surface area contributed by atoms with Crippen molar-refractivity contribution in [3.63, 3.8) is 0 Å².